The number of methoxy groups -OCH3 is 8. The number of hydrogen-bond acceptors (Lipinski definition) is 12. The van der Waals surface area contributed by atoms with Crippen molar-refractivity contribution in [3.05, 3.63) is 301 Å². The first-order chi connectivity index (χ1) is 45.7. The lowest BCUT2D eigenvalue weighted by Crippen LogP contribution is -2.30. The maximum atomic E-state index is 5.81. The Bertz CT molecular complexity index is 3810. The Labute approximate surface area is 543 Å². The molecule has 0 fully saturated rings. The molecule has 1 aliphatic rings. The summed E-state index contributed by atoms with van der Waals surface area (Å²) in [5.74, 6) is 5.88. The molecule has 12 heteroatoms. The topological polar surface area (TPSA) is 86.8 Å². The number of benzene rings is 12. The highest BCUT2D eigenvalue weighted by Crippen LogP contribution is 2.60. The summed E-state index contributed by atoms with van der Waals surface area (Å²) in [5.41, 5.74) is 16.0. The first-order valence-corrected chi connectivity index (χ1v) is 30.5. The van der Waals surface area contributed by atoms with Gasteiger partial charge in [-0.15, -0.1) is 0 Å². The molecule has 0 radical (unpaired) electrons. The van der Waals surface area contributed by atoms with Crippen molar-refractivity contribution in [1.82, 2.24) is 0 Å². The third-order valence-electron chi connectivity index (χ3n) is 17.3. The second-order valence-corrected chi connectivity index (χ2v) is 22.2. The molecule has 0 unspecified atom stereocenters. The van der Waals surface area contributed by atoms with Crippen LogP contribution in [0.5, 0.6) is 46.0 Å². The van der Waals surface area contributed by atoms with Crippen molar-refractivity contribution in [3.63, 3.8) is 0 Å². The summed E-state index contributed by atoms with van der Waals surface area (Å²) < 4.78 is 46.4. The standard InChI is InChI=1S/C81H70N4O8/c1-86-69-33-17-57(18-34-69)82(58-19-35-70(87-2)36-20-58)65-49-55(50-66(53-65)83(59-21-37-71(88-3)38-22-59)60-23-39-72(89-4)40-24-60)81(79-15-11-9-13-77(79)78-14-10-12-16-80(78)81)56-51-67(84(61-25-41-73(90-5)42-26-61)62-27-43-74(91-6)44-28-62)54-68(52-56)85(63-29-45-75(92-7)46-30-63)64-31-47-76(93-8)48-32-64/h9-54H,1-8H3. The molecular formula is C81H70N4O8. The monoisotopic (exact) mass is 1230 g/mol. The molecule has 0 atom stereocenters. The maximum Gasteiger partial charge on any atom is 0.119 e. The van der Waals surface area contributed by atoms with Gasteiger partial charge in [-0.2, -0.15) is 0 Å². The molecule has 0 saturated heterocycles. The molecular weight excluding hydrogens is 1160 g/mol. The highest BCUT2D eigenvalue weighted by molar-refractivity contribution is 5.93. The number of fused-ring (bicyclic) bond motifs is 3. The zero-order valence-electron chi connectivity index (χ0n) is 53.1. The van der Waals surface area contributed by atoms with Crippen LogP contribution in [0.2, 0.25) is 0 Å². The molecule has 0 aliphatic heterocycles. The van der Waals surface area contributed by atoms with E-state index in [-0.39, 0.29) is 0 Å². The Hall–Kier alpha value is -11.8. The molecule has 0 spiro atoms. The molecule has 1 aliphatic carbocycles. The van der Waals surface area contributed by atoms with E-state index in [0.29, 0.717) is 0 Å². The smallest absolute Gasteiger partial charge is 0.119 e. The SMILES string of the molecule is COc1ccc(N(c2ccc(OC)cc2)c2cc(N(c3ccc(OC)cc3)c3ccc(OC)cc3)cc(C3(c4cc(N(c5ccc(OC)cc5)c5ccc(OC)cc5)cc(N(c5ccc(OC)cc5)c5ccc(OC)cc5)c4)c4ccccc4-c4ccccc43)c2)cc1. The van der Waals surface area contributed by atoms with Crippen LogP contribution in [0.1, 0.15) is 22.3 Å². The van der Waals surface area contributed by atoms with Gasteiger partial charge in [-0.3, -0.25) is 0 Å². The highest BCUT2D eigenvalue weighted by atomic mass is 16.5. The molecule has 12 nitrogen and oxygen atoms in total. The summed E-state index contributed by atoms with van der Waals surface area (Å²) in [7, 11) is 13.5. The fourth-order valence-corrected chi connectivity index (χ4v) is 12.8. The van der Waals surface area contributed by atoms with Crippen molar-refractivity contribution in [2.75, 3.05) is 76.5 Å². The van der Waals surface area contributed by atoms with Gasteiger partial charge in [0.05, 0.1) is 62.3 Å². The van der Waals surface area contributed by atoms with Crippen molar-refractivity contribution in [2.45, 2.75) is 5.41 Å². The second kappa shape index (κ2) is 26.4. The Morgan fingerprint density at radius 1 is 0.194 bits per heavy atom. The highest BCUT2D eigenvalue weighted by Gasteiger charge is 2.47. The first kappa shape index (κ1) is 60.2. The molecule has 0 saturated carbocycles. The molecule has 93 heavy (non-hydrogen) atoms. The van der Waals surface area contributed by atoms with E-state index in [1.807, 2.05) is 97.1 Å². The van der Waals surface area contributed by atoms with Crippen molar-refractivity contribution < 1.29 is 37.9 Å². The summed E-state index contributed by atoms with van der Waals surface area (Å²) in [6.07, 6.45) is 0. The number of hydrogen-bond donors (Lipinski definition) is 0. The molecule has 13 rings (SSSR count). The van der Waals surface area contributed by atoms with E-state index >= 15 is 0 Å². The summed E-state index contributed by atoms with van der Waals surface area (Å²) in [6.45, 7) is 0. The van der Waals surface area contributed by atoms with Crippen LogP contribution >= 0.6 is 0 Å². The number of nitrogens with zero attached hydrogens (tertiary/aromatic N) is 4. The lowest BCUT2D eigenvalue weighted by Gasteiger charge is -2.38. The Kier molecular flexibility index (Phi) is 17.1. The minimum Gasteiger partial charge on any atom is -0.497 e. The van der Waals surface area contributed by atoms with Gasteiger partial charge >= 0.3 is 0 Å². The lowest BCUT2D eigenvalue weighted by atomic mass is 9.67. The van der Waals surface area contributed by atoms with Crippen LogP contribution in [0.3, 0.4) is 0 Å². The minimum absolute atomic E-state index is 0.735. The molecule has 0 aromatic heterocycles. The van der Waals surface area contributed by atoms with E-state index in [1.165, 1.54) is 0 Å². The predicted molar refractivity (Wildman–Crippen MR) is 375 cm³/mol. The number of ether oxygens (including phenoxy) is 8. The maximum absolute atomic E-state index is 5.81. The average molecular weight is 1230 g/mol. The molecule has 462 valence electrons. The molecule has 0 N–H and O–H groups in total. The van der Waals surface area contributed by atoms with Crippen molar-refractivity contribution in [2.24, 2.45) is 0 Å². The summed E-state index contributed by atoms with van der Waals surface area (Å²) in [4.78, 5) is 9.22. The van der Waals surface area contributed by atoms with Gasteiger partial charge in [-0.1, -0.05) is 48.5 Å². The third-order valence-corrected chi connectivity index (χ3v) is 17.3. The number of anilines is 12. The van der Waals surface area contributed by atoms with Crippen LogP contribution in [0.15, 0.2) is 279 Å². The summed E-state index contributed by atoms with van der Waals surface area (Å²) in [5, 5.41) is 0. The van der Waals surface area contributed by atoms with E-state index in [0.717, 1.165) is 148 Å². The Morgan fingerprint density at radius 3 is 0.538 bits per heavy atom. The van der Waals surface area contributed by atoms with Crippen molar-refractivity contribution >= 4 is 68.2 Å². The van der Waals surface area contributed by atoms with Gasteiger partial charge in [-0.25, -0.2) is 0 Å². The van der Waals surface area contributed by atoms with Gasteiger partial charge in [-0.05, 0) is 264 Å². The van der Waals surface area contributed by atoms with Crippen LogP contribution in [0.25, 0.3) is 11.1 Å². The quantitative estimate of drug-likeness (QED) is 0.0648. The second-order valence-electron chi connectivity index (χ2n) is 22.2. The first-order valence-electron chi connectivity index (χ1n) is 30.5. The van der Waals surface area contributed by atoms with Gasteiger partial charge in [0.25, 0.3) is 0 Å². The van der Waals surface area contributed by atoms with E-state index in [9.17, 15) is 0 Å². The van der Waals surface area contributed by atoms with Crippen LogP contribution in [-0.4, -0.2) is 56.9 Å². The normalized spacial score (nSPS) is 11.7. The fourth-order valence-electron chi connectivity index (χ4n) is 12.8. The van der Waals surface area contributed by atoms with E-state index in [2.05, 4.69) is 202 Å². The van der Waals surface area contributed by atoms with Crippen LogP contribution in [0, 0.1) is 0 Å². The van der Waals surface area contributed by atoms with Gasteiger partial charge in [0.2, 0.25) is 0 Å². The van der Waals surface area contributed by atoms with Crippen molar-refractivity contribution in [1.29, 1.82) is 0 Å². The predicted octanol–water partition coefficient (Wildman–Crippen LogP) is 20.0. The van der Waals surface area contributed by atoms with E-state index < -0.39 is 5.41 Å². The fraction of sp³-hybridized carbons (Fsp3) is 0.111. The molecule has 0 amide bonds. The van der Waals surface area contributed by atoms with Crippen LogP contribution in [-0.2, 0) is 5.41 Å². The van der Waals surface area contributed by atoms with Gasteiger partial charge < -0.3 is 57.5 Å². The zero-order chi connectivity index (χ0) is 64.0. The third kappa shape index (κ3) is 11.5. The minimum atomic E-state index is -1.09. The summed E-state index contributed by atoms with van der Waals surface area (Å²) in [6, 6.07) is 97.5. The Morgan fingerprint density at radius 2 is 0.366 bits per heavy atom. The van der Waals surface area contributed by atoms with E-state index in [1.54, 1.807) is 56.9 Å². The summed E-state index contributed by atoms with van der Waals surface area (Å²) >= 11 is 0. The van der Waals surface area contributed by atoms with Gasteiger partial charge in [0.1, 0.15) is 46.0 Å². The van der Waals surface area contributed by atoms with Crippen LogP contribution in [0.4, 0.5) is 68.2 Å². The molecule has 0 bridgehead atoms. The van der Waals surface area contributed by atoms with Gasteiger partial charge in [0.15, 0.2) is 0 Å². The van der Waals surface area contributed by atoms with Gasteiger partial charge in [0, 0.05) is 68.2 Å². The number of rotatable bonds is 22. The lowest BCUT2D eigenvalue weighted by molar-refractivity contribution is 0.414. The van der Waals surface area contributed by atoms with E-state index in [4.69, 9.17) is 37.9 Å². The Balaban J connectivity index is 1.20. The molecule has 0 heterocycles. The largest absolute Gasteiger partial charge is 0.497 e. The average Bonchev–Trinajstić information content (AvgIpc) is 1.56. The van der Waals surface area contributed by atoms with Crippen molar-refractivity contribution in [3.8, 4) is 57.1 Å². The van der Waals surface area contributed by atoms with Crippen LogP contribution < -0.4 is 57.5 Å². The molecule has 12 aromatic rings. The zero-order valence-corrected chi connectivity index (χ0v) is 53.1. The molecule has 12 aromatic carbocycles.